The Kier molecular flexibility index (Phi) is 5.62. The number of hydrogen-bond acceptors (Lipinski definition) is 6. The average molecular weight is 407 g/mol. The number of benzene rings is 1. The smallest absolute Gasteiger partial charge is 0.220 e. The SMILES string of the molecule is CCC1C=CC=CC1(O)N1CCC(c2cc(-c3cc(C)ccc3O)nc(N)n2)CC1. The highest BCUT2D eigenvalue weighted by Gasteiger charge is 2.40. The first-order chi connectivity index (χ1) is 14.4. The maximum atomic E-state index is 11.3. The lowest BCUT2D eigenvalue weighted by Gasteiger charge is -2.46. The molecule has 6 heteroatoms. The molecule has 0 radical (unpaired) electrons. The molecule has 0 spiro atoms. The number of aryl methyl sites for hydroxylation is 1. The summed E-state index contributed by atoms with van der Waals surface area (Å²) in [4.78, 5) is 11.0. The standard InChI is InChI=1S/C24H30N4O2/c1-3-18-6-4-5-11-24(18,30)28-12-9-17(10-13-28)20-15-21(27-23(25)26-20)19-14-16(2)7-8-22(19)29/h4-8,11,14-15,17-18,29-30H,3,9-10,12-13H2,1-2H3,(H2,25,26,27). The van der Waals surface area contributed by atoms with E-state index >= 15 is 0 Å². The third-order valence-electron chi connectivity index (χ3n) is 6.39. The number of aliphatic hydroxyl groups is 1. The number of nitrogens with two attached hydrogens (primary N) is 1. The van der Waals surface area contributed by atoms with E-state index in [1.165, 1.54) is 0 Å². The van der Waals surface area contributed by atoms with E-state index in [1.807, 2.05) is 43.4 Å². The van der Waals surface area contributed by atoms with Gasteiger partial charge in [-0.15, -0.1) is 0 Å². The molecule has 1 saturated heterocycles. The van der Waals surface area contributed by atoms with Crippen LogP contribution in [-0.4, -0.2) is 43.9 Å². The first kappa shape index (κ1) is 20.6. The Bertz CT molecular complexity index is 979. The quantitative estimate of drug-likeness (QED) is 0.716. The van der Waals surface area contributed by atoms with Crippen molar-refractivity contribution in [2.75, 3.05) is 18.8 Å². The second-order valence-electron chi connectivity index (χ2n) is 8.36. The number of aromatic hydroxyl groups is 1. The average Bonchev–Trinajstić information content (AvgIpc) is 2.75. The fraction of sp³-hybridized carbons (Fsp3) is 0.417. The van der Waals surface area contributed by atoms with Gasteiger partial charge in [0, 0.05) is 36.2 Å². The Morgan fingerprint density at radius 3 is 2.67 bits per heavy atom. The minimum Gasteiger partial charge on any atom is -0.507 e. The molecule has 158 valence electrons. The van der Waals surface area contributed by atoms with Gasteiger partial charge in [0.1, 0.15) is 11.5 Å². The number of nitrogens with zero attached hydrogens (tertiary/aromatic N) is 3. The van der Waals surface area contributed by atoms with Crippen LogP contribution in [-0.2, 0) is 0 Å². The monoisotopic (exact) mass is 406 g/mol. The molecule has 1 aliphatic heterocycles. The van der Waals surface area contributed by atoms with E-state index in [4.69, 9.17) is 5.73 Å². The van der Waals surface area contributed by atoms with E-state index in [0.29, 0.717) is 11.3 Å². The maximum Gasteiger partial charge on any atom is 0.220 e. The fourth-order valence-electron chi connectivity index (χ4n) is 4.66. The number of nitrogen functional groups attached to an aromatic ring is 1. The Morgan fingerprint density at radius 2 is 1.93 bits per heavy atom. The molecule has 1 aliphatic carbocycles. The number of phenolic OH excluding ortho intramolecular Hbond substituents is 1. The predicted molar refractivity (Wildman–Crippen MR) is 119 cm³/mol. The van der Waals surface area contributed by atoms with Gasteiger partial charge in [0.2, 0.25) is 5.95 Å². The lowest BCUT2D eigenvalue weighted by atomic mass is 9.84. The molecule has 1 aromatic carbocycles. The molecule has 2 aliphatic rings. The van der Waals surface area contributed by atoms with Crippen LogP contribution in [0.4, 0.5) is 5.95 Å². The van der Waals surface area contributed by atoms with Gasteiger partial charge < -0.3 is 15.9 Å². The summed E-state index contributed by atoms with van der Waals surface area (Å²) >= 11 is 0. The van der Waals surface area contributed by atoms with Gasteiger partial charge in [0.25, 0.3) is 0 Å². The summed E-state index contributed by atoms with van der Waals surface area (Å²) < 4.78 is 0. The molecule has 2 atom stereocenters. The summed E-state index contributed by atoms with van der Waals surface area (Å²) in [6.07, 6.45) is 10.6. The second-order valence-corrected chi connectivity index (χ2v) is 8.36. The van der Waals surface area contributed by atoms with Gasteiger partial charge in [0.05, 0.1) is 5.69 Å². The van der Waals surface area contributed by atoms with Crippen molar-refractivity contribution in [3.63, 3.8) is 0 Å². The van der Waals surface area contributed by atoms with Crippen LogP contribution < -0.4 is 5.73 Å². The third-order valence-corrected chi connectivity index (χ3v) is 6.39. The van der Waals surface area contributed by atoms with Crippen molar-refractivity contribution in [1.29, 1.82) is 0 Å². The van der Waals surface area contributed by atoms with Crippen LogP contribution in [0, 0.1) is 12.8 Å². The molecule has 4 N–H and O–H groups in total. The molecule has 30 heavy (non-hydrogen) atoms. The molecule has 1 fully saturated rings. The topological polar surface area (TPSA) is 95.5 Å². The van der Waals surface area contributed by atoms with E-state index in [0.717, 1.165) is 43.6 Å². The van der Waals surface area contributed by atoms with E-state index < -0.39 is 5.72 Å². The van der Waals surface area contributed by atoms with Crippen LogP contribution in [0.25, 0.3) is 11.3 Å². The number of rotatable bonds is 4. The van der Waals surface area contributed by atoms with E-state index in [-0.39, 0.29) is 23.5 Å². The molecular formula is C24H30N4O2. The van der Waals surface area contributed by atoms with Gasteiger partial charge in [0.15, 0.2) is 0 Å². The van der Waals surface area contributed by atoms with Crippen LogP contribution in [0.3, 0.4) is 0 Å². The number of hydrogen-bond donors (Lipinski definition) is 3. The molecule has 2 heterocycles. The minimum atomic E-state index is -0.919. The van der Waals surface area contributed by atoms with E-state index in [9.17, 15) is 10.2 Å². The Labute approximate surface area is 177 Å². The highest BCUT2D eigenvalue weighted by atomic mass is 16.3. The molecule has 6 nitrogen and oxygen atoms in total. The second kappa shape index (κ2) is 8.20. The van der Waals surface area contributed by atoms with Gasteiger partial charge in [-0.05, 0) is 50.5 Å². The van der Waals surface area contributed by atoms with Crippen molar-refractivity contribution in [1.82, 2.24) is 14.9 Å². The number of piperidine rings is 1. The predicted octanol–water partition coefficient (Wildman–Crippen LogP) is 3.76. The highest BCUT2D eigenvalue weighted by Crippen LogP contribution is 2.37. The zero-order valence-corrected chi connectivity index (χ0v) is 17.6. The van der Waals surface area contributed by atoms with Crippen molar-refractivity contribution in [2.45, 2.75) is 44.8 Å². The van der Waals surface area contributed by atoms with Crippen molar-refractivity contribution >= 4 is 5.95 Å². The first-order valence-electron chi connectivity index (χ1n) is 10.7. The lowest BCUT2D eigenvalue weighted by molar-refractivity contribution is -0.109. The summed E-state index contributed by atoms with van der Waals surface area (Å²) in [7, 11) is 0. The highest BCUT2D eigenvalue weighted by molar-refractivity contribution is 5.68. The molecular weight excluding hydrogens is 376 g/mol. The lowest BCUT2D eigenvalue weighted by Crippen LogP contribution is -2.55. The summed E-state index contributed by atoms with van der Waals surface area (Å²) in [6, 6.07) is 7.39. The summed E-state index contributed by atoms with van der Waals surface area (Å²) in [5.74, 6) is 0.744. The number of allylic oxidation sites excluding steroid dienone is 2. The van der Waals surface area contributed by atoms with Gasteiger partial charge in [-0.3, -0.25) is 4.90 Å². The van der Waals surface area contributed by atoms with Crippen molar-refractivity contribution in [3.8, 4) is 17.0 Å². The molecule has 2 aromatic rings. The molecule has 0 amide bonds. The molecule has 4 rings (SSSR count). The third kappa shape index (κ3) is 3.85. The molecule has 2 unspecified atom stereocenters. The Balaban J connectivity index is 1.54. The minimum absolute atomic E-state index is 0.102. The van der Waals surface area contributed by atoms with E-state index in [2.05, 4.69) is 27.9 Å². The normalized spacial score (nSPS) is 25.0. The number of anilines is 1. The zero-order chi connectivity index (χ0) is 21.3. The van der Waals surface area contributed by atoms with Gasteiger partial charge in [-0.25, -0.2) is 9.97 Å². The largest absolute Gasteiger partial charge is 0.507 e. The van der Waals surface area contributed by atoms with Gasteiger partial charge in [-0.2, -0.15) is 0 Å². The number of phenols is 1. The number of aromatic nitrogens is 2. The molecule has 0 saturated carbocycles. The summed E-state index contributed by atoms with van der Waals surface area (Å²) in [5, 5.41) is 21.6. The summed E-state index contributed by atoms with van der Waals surface area (Å²) in [5.41, 5.74) is 8.36. The summed E-state index contributed by atoms with van der Waals surface area (Å²) in [6.45, 7) is 5.65. The van der Waals surface area contributed by atoms with Crippen molar-refractivity contribution < 1.29 is 10.2 Å². The molecule has 1 aromatic heterocycles. The van der Waals surface area contributed by atoms with Crippen LogP contribution in [0.5, 0.6) is 5.75 Å². The van der Waals surface area contributed by atoms with Gasteiger partial charge in [-0.1, -0.05) is 36.8 Å². The van der Waals surface area contributed by atoms with Crippen LogP contribution in [0.15, 0.2) is 48.6 Å². The molecule has 0 bridgehead atoms. The van der Waals surface area contributed by atoms with Crippen LogP contribution >= 0.6 is 0 Å². The first-order valence-corrected chi connectivity index (χ1v) is 10.7. The maximum absolute atomic E-state index is 11.3. The van der Waals surface area contributed by atoms with Gasteiger partial charge >= 0.3 is 0 Å². The Hall–Kier alpha value is -2.70. The zero-order valence-electron chi connectivity index (χ0n) is 17.6. The Morgan fingerprint density at radius 1 is 1.17 bits per heavy atom. The van der Waals surface area contributed by atoms with Crippen molar-refractivity contribution in [3.05, 3.63) is 59.8 Å². The fourth-order valence-corrected chi connectivity index (χ4v) is 4.66. The van der Waals surface area contributed by atoms with Crippen molar-refractivity contribution in [2.24, 2.45) is 5.92 Å². The van der Waals surface area contributed by atoms with E-state index in [1.54, 1.807) is 6.07 Å². The number of likely N-dealkylation sites (tertiary alicyclic amines) is 1. The van der Waals surface area contributed by atoms with Crippen LogP contribution in [0.1, 0.15) is 43.4 Å². The van der Waals surface area contributed by atoms with Crippen LogP contribution in [0.2, 0.25) is 0 Å².